The summed E-state index contributed by atoms with van der Waals surface area (Å²) in [5.74, 6) is -1.38. The van der Waals surface area contributed by atoms with Gasteiger partial charge in [-0.2, -0.15) is 0 Å². The van der Waals surface area contributed by atoms with Crippen LogP contribution in [0.2, 0.25) is 0 Å². The predicted molar refractivity (Wildman–Crippen MR) is 100 cm³/mol. The number of carbonyl (C=O) groups excluding carboxylic acids is 2. The van der Waals surface area contributed by atoms with Crippen molar-refractivity contribution in [1.29, 1.82) is 0 Å². The van der Waals surface area contributed by atoms with E-state index in [1.807, 2.05) is 0 Å². The SMILES string of the molecule is Nc1ccc(C(=O)N2CCCN(C(=O)c3ccccc3F)CC2)cc1[N+](=O)[O-]. The van der Waals surface area contributed by atoms with Crippen molar-refractivity contribution >= 4 is 23.2 Å². The molecule has 1 saturated heterocycles. The predicted octanol–water partition coefficient (Wildman–Crippen LogP) is 2.30. The number of carbonyl (C=O) groups is 2. The molecule has 2 aromatic carbocycles. The number of nitrogen functional groups attached to an aromatic ring is 1. The highest BCUT2D eigenvalue weighted by Crippen LogP contribution is 2.23. The van der Waals surface area contributed by atoms with Crippen LogP contribution in [0.25, 0.3) is 0 Å². The van der Waals surface area contributed by atoms with Crippen LogP contribution in [0.4, 0.5) is 15.8 Å². The van der Waals surface area contributed by atoms with E-state index in [4.69, 9.17) is 5.73 Å². The fourth-order valence-electron chi connectivity index (χ4n) is 3.15. The molecule has 0 unspecified atom stereocenters. The molecule has 1 aliphatic heterocycles. The van der Waals surface area contributed by atoms with E-state index in [9.17, 15) is 24.1 Å². The van der Waals surface area contributed by atoms with Crippen molar-refractivity contribution < 1.29 is 18.9 Å². The summed E-state index contributed by atoms with van der Waals surface area (Å²) in [4.78, 5) is 38.7. The van der Waals surface area contributed by atoms with Gasteiger partial charge in [0.05, 0.1) is 10.5 Å². The van der Waals surface area contributed by atoms with Gasteiger partial charge in [-0.3, -0.25) is 19.7 Å². The van der Waals surface area contributed by atoms with E-state index in [1.54, 1.807) is 6.07 Å². The van der Waals surface area contributed by atoms with Gasteiger partial charge in [-0.25, -0.2) is 4.39 Å². The summed E-state index contributed by atoms with van der Waals surface area (Å²) >= 11 is 0. The number of hydrogen-bond donors (Lipinski definition) is 1. The number of hydrogen-bond acceptors (Lipinski definition) is 5. The third-order valence-corrected chi connectivity index (χ3v) is 4.65. The molecule has 0 radical (unpaired) electrons. The molecular weight excluding hydrogens is 367 g/mol. The number of halogens is 1. The zero-order valence-corrected chi connectivity index (χ0v) is 15.0. The van der Waals surface area contributed by atoms with Gasteiger partial charge in [0.15, 0.2) is 0 Å². The Hall–Kier alpha value is -3.49. The van der Waals surface area contributed by atoms with Crippen LogP contribution in [-0.4, -0.2) is 52.7 Å². The average molecular weight is 386 g/mol. The molecule has 3 rings (SSSR count). The summed E-state index contributed by atoms with van der Waals surface area (Å²) < 4.78 is 13.9. The maximum atomic E-state index is 13.9. The van der Waals surface area contributed by atoms with Gasteiger partial charge in [-0.15, -0.1) is 0 Å². The summed E-state index contributed by atoms with van der Waals surface area (Å²) in [6.45, 7) is 1.27. The lowest BCUT2D eigenvalue weighted by Crippen LogP contribution is -2.37. The average Bonchev–Trinajstić information content (AvgIpc) is 2.93. The molecule has 0 atom stereocenters. The first-order chi connectivity index (χ1) is 13.4. The number of nitrogens with zero attached hydrogens (tertiary/aromatic N) is 3. The Labute approximate surface area is 160 Å². The fraction of sp³-hybridized carbons (Fsp3) is 0.263. The number of nitro benzene ring substituents is 1. The van der Waals surface area contributed by atoms with Crippen molar-refractivity contribution in [1.82, 2.24) is 9.80 Å². The number of nitrogens with two attached hydrogens (primary N) is 1. The summed E-state index contributed by atoms with van der Waals surface area (Å²) in [6.07, 6.45) is 0.517. The van der Waals surface area contributed by atoms with E-state index in [-0.39, 0.29) is 41.5 Å². The van der Waals surface area contributed by atoms with Gasteiger partial charge < -0.3 is 15.5 Å². The van der Waals surface area contributed by atoms with Crippen LogP contribution in [-0.2, 0) is 0 Å². The first kappa shape index (κ1) is 19.3. The van der Waals surface area contributed by atoms with Crippen molar-refractivity contribution in [3.8, 4) is 0 Å². The van der Waals surface area contributed by atoms with E-state index in [2.05, 4.69) is 0 Å². The van der Waals surface area contributed by atoms with Gasteiger partial charge in [-0.05, 0) is 30.7 Å². The molecule has 2 amide bonds. The molecule has 2 N–H and O–H groups in total. The topological polar surface area (TPSA) is 110 Å². The van der Waals surface area contributed by atoms with Gasteiger partial charge >= 0.3 is 0 Å². The first-order valence-corrected chi connectivity index (χ1v) is 8.75. The highest BCUT2D eigenvalue weighted by molar-refractivity contribution is 5.96. The summed E-state index contributed by atoms with van der Waals surface area (Å²) in [5.41, 5.74) is 5.39. The Kier molecular flexibility index (Phi) is 5.53. The van der Waals surface area contributed by atoms with Gasteiger partial charge in [0.1, 0.15) is 11.5 Å². The quantitative estimate of drug-likeness (QED) is 0.494. The number of amides is 2. The van der Waals surface area contributed by atoms with Crippen LogP contribution in [0, 0.1) is 15.9 Å². The monoisotopic (exact) mass is 386 g/mol. The van der Waals surface area contributed by atoms with Gasteiger partial charge in [0.2, 0.25) is 0 Å². The molecule has 0 aromatic heterocycles. The van der Waals surface area contributed by atoms with Crippen molar-refractivity contribution in [2.24, 2.45) is 0 Å². The lowest BCUT2D eigenvalue weighted by atomic mass is 10.1. The molecule has 0 bridgehead atoms. The Morgan fingerprint density at radius 3 is 2.29 bits per heavy atom. The van der Waals surface area contributed by atoms with E-state index >= 15 is 0 Å². The molecule has 1 aliphatic rings. The number of rotatable bonds is 3. The smallest absolute Gasteiger partial charge is 0.292 e. The lowest BCUT2D eigenvalue weighted by Gasteiger charge is -2.22. The molecule has 8 nitrogen and oxygen atoms in total. The highest BCUT2D eigenvalue weighted by atomic mass is 19.1. The van der Waals surface area contributed by atoms with Crippen molar-refractivity contribution in [3.63, 3.8) is 0 Å². The maximum Gasteiger partial charge on any atom is 0.292 e. The molecule has 1 fully saturated rings. The molecule has 2 aromatic rings. The minimum atomic E-state index is -0.636. The minimum absolute atomic E-state index is 0.00330. The van der Waals surface area contributed by atoms with Crippen molar-refractivity contribution in [2.45, 2.75) is 6.42 Å². The van der Waals surface area contributed by atoms with Crippen LogP contribution in [0.1, 0.15) is 27.1 Å². The van der Waals surface area contributed by atoms with E-state index in [0.29, 0.717) is 19.5 Å². The van der Waals surface area contributed by atoms with Crippen LogP contribution < -0.4 is 5.73 Å². The molecule has 1 heterocycles. The van der Waals surface area contributed by atoms with Crippen LogP contribution in [0.5, 0.6) is 0 Å². The zero-order valence-electron chi connectivity index (χ0n) is 15.0. The van der Waals surface area contributed by atoms with E-state index < -0.39 is 16.6 Å². The number of anilines is 1. The van der Waals surface area contributed by atoms with Gasteiger partial charge in [0, 0.05) is 37.8 Å². The lowest BCUT2D eigenvalue weighted by molar-refractivity contribution is -0.383. The second kappa shape index (κ2) is 8.03. The highest BCUT2D eigenvalue weighted by Gasteiger charge is 2.26. The second-order valence-electron chi connectivity index (χ2n) is 6.45. The minimum Gasteiger partial charge on any atom is -0.393 e. The molecule has 28 heavy (non-hydrogen) atoms. The molecular formula is C19H19FN4O4. The molecule has 0 spiro atoms. The normalized spacial score (nSPS) is 14.5. The Bertz CT molecular complexity index is 934. The molecule has 146 valence electrons. The number of nitro groups is 1. The fourth-order valence-corrected chi connectivity index (χ4v) is 3.15. The Morgan fingerprint density at radius 1 is 1.00 bits per heavy atom. The van der Waals surface area contributed by atoms with Crippen LogP contribution >= 0.6 is 0 Å². The van der Waals surface area contributed by atoms with E-state index in [1.165, 1.54) is 40.1 Å². The largest absolute Gasteiger partial charge is 0.393 e. The molecule has 9 heteroatoms. The molecule has 0 aliphatic carbocycles. The number of benzene rings is 2. The van der Waals surface area contributed by atoms with Gasteiger partial charge in [0.25, 0.3) is 17.5 Å². The van der Waals surface area contributed by atoms with Gasteiger partial charge in [-0.1, -0.05) is 12.1 Å². The summed E-state index contributed by atoms with van der Waals surface area (Å²) in [7, 11) is 0. The zero-order chi connectivity index (χ0) is 20.3. The van der Waals surface area contributed by atoms with Crippen LogP contribution in [0.3, 0.4) is 0 Å². The Balaban J connectivity index is 1.72. The maximum absolute atomic E-state index is 13.9. The standard InChI is InChI=1S/C19H19FN4O4/c20-15-5-2-1-4-14(15)19(26)23-9-3-8-22(10-11-23)18(25)13-6-7-16(21)17(12-13)24(27)28/h1-2,4-7,12H,3,8-11,21H2. The third-order valence-electron chi connectivity index (χ3n) is 4.65. The Morgan fingerprint density at radius 2 is 1.64 bits per heavy atom. The summed E-state index contributed by atoms with van der Waals surface area (Å²) in [5, 5.41) is 11.0. The van der Waals surface area contributed by atoms with Crippen LogP contribution in [0.15, 0.2) is 42.5 Å². The third kappa shape index (κ3) is 3.93. The second-order valence-corrected chi connectivity index (χ2v) is 6.45. The molecule has 0 saturated carbocycles. The van der Waals surface area contributed by atoms with Crippen molar-refractivity contribution in [3.05, 3.63) is 69.5 Å². The first-order valence-electron chi connectivity index (χ1n) is 8.75. The van der Waals surface area contributed by atoms with E-state index in [0.717, 1.165) is 6.07 Å². The summed E-state index contributed by atoms with van der Waals surface area (Å²) in [6, 6.07) is 9.70. The van der Waals surface area contributed by atoms with Crippen molar-refractivity contribution in [2.75, 3.05) is 31.9 Å².